The summed E-state index contributed by atoms with van der Waals surface area (Å²) >= 11 is 0. The van der Waals surface area contributed by atoms with Crippen LogP contribution in [0, 0.1) is 0 Å². The molecular weight excluding hydrogens is 464 g/mol. The Morgan fingerprint density at radius 1 is 1.05 bits per heavy atom. The molecule has 0 bridgehead atoms. The maximum absolute atomic E-state index is 12.3. The van der Waals surface area contributed by atoms with Gasteiger partial charge in [-0.1, -0.05) is 52.5 Å². The third kappa shape index (κ3) is 7.76. The van der Waals surface area contributed by atoms with E-state index in [-0.39, 0.29) is 18.1 Å². The second-order valence-corrected chi connectivity index (χ2v) is 10.3. The monoisotopic (exact) mass is 508 g/mol. The molecule has 0 aliphatic carbocycles. The van der Waals surface area contributed by atoms with E-state index >= 15 is 0 Å². The van der Waals surface area contributed by atoms with E-state index in [9.17, 15) is 9.90 Å². The molecule has 3 aromatic rings. The summed E-state index contributed by atoms with van der Waals surface area (Å²) in [5.41, 5.74) is 9.05. The smallest absolute Gasteiger partial charge is 0.248 e. The molecule has 2 heterocycles. The maximum atomic E-state index is 12.3. The van der Waals surface area contributed by atoms with E-state index < -0.39 is 5.54 Å². The molecule has 8 heteroatoms. The number of aromatic nitrogens is 3. The van der Waals surface area contributed by atoms with Crippen molar-refractivity contribution in [3.63, 3.8) is 0 Å². The summed E-state index contributed by atoms with van der Waals surface area (Å²) in [6.07, 6.45) is 9.28. The molecule has 0 spiro atoms. The Hall–Kier alpha value is -2.97. The fourth-order valence-corrected chi connectivity index (χ4v) is 4.62. The number of hydrogen-bond acceptors (Lipinski definition) is 7. The molecule has 0 aliphatic heterocycles. The number of rotatable bonds is 15. The minimum atomic E-state index is -0.511. The van der Waals surface area contributed by atoms with Crippen molar-refractivity contribution in [1.29, 1.82) is 0 Å². The lowest BCUT2D eigenvalue weighted by atomic mass is 9.95. The van der Waals surface area contributed by atoms with Crippen LogP contribution in [0.4, 0.5) is 11.8 Å². The lowest BCUT2D eigenvalue weighted by molar-refractivity contribution is 0.212. The summed E-state index contributed by atoms with van der Waals surface area (Å²) < 4.78 is 0. The summed E-state index contributed by atoms with van der Waals surface area (Å²) in [6.45, 7) is 11.4. The van der Waals surface area contributed by atoms with Gasteiger partial charge in [0.05, 0.1) is 17.7 Å². The first-order valence-corrected chi connectivity index (χ1v) is 13.7. The van der Waals surface area contributed by atoms with Gasteiger partial charge in [-0.25, -0.2) is 4.98 Å². The Kier molecular flexibility index (Phi) is 10.5. The van der Waals surface area contributed by atoms with Crippen molar-refractivity contribution in [3.05, 3.63) is 46.4 Å². The highest BCUT2D eigenvalue weighted by Crippen LogP contribution is 2.31. The third-order valence-corrected chi connectivity index (χ3v) is 6.94. The van der Waals surface area contributed by atoms with Gasteiger partial charge < -0.3 is 21.1 Å². The van der Waals surface area contributed by atoms with Crippen molar-refractivity contribution >= 4 is 22.7 Å². The van der Waals surface area contributed by atoms with Crippen LogP contribution in [0.5, 0.6) is 0 Å². The van der Waals surface area contributed by atoms with Gasteiger partial charge in [0, 0.05) is 24.2 Å². The Morgan fingerprint density at radius 3 is 2.41 bits per heavy atom. The van der Waals surface area contributed by atoms with E-state index in [2.05, 4.69) is 45.9 Å². The number of benzene rings is 1. The van der Waals surface area contributed by atoms with Crippen molar-refractivity contribution in [2.24, 2.45) is 0 Å². The first-order chi connectivity index (χ1) is 17.8. The number of hydrogen-bond donors (Lipinski definition) is 4. The number of nitrogens with one attached hydrogen (secondary N) is 2. The molecule has 5 N–H and O–H groups in total. The largest absolute Gasteiger partial charge is 0.394 e. The fraction of sp³-hybridized carbons (Fsp3) is 0.552. The molecule has 202 valence electrons. The predicted octanol–water partition coefficient (Wildman–Crippen LogP) is 5.32. The molecule has 3 rings (SSSR count). The lowest BCUT2D eigenvalue weighted by Crippen LogP contribution is -2.39. The Bertz CT molecular complexity index is 1200. The van der Waals surface area contributed by atoms with Crippen LogP contribution in [0.1, 0.15) is 78.2 Å². The van der Waals surface area contributed by atoms with E-state index in [1.54, 1.807) is 6.07 Å². The first kappa shape index (κ1) is 28.6. The van der Waals surface area contributed by atoms with Gasteiger partial charge in [0.2, 0.25) is 11.5 Å². The van der Waals surface area contributed by atoms with Gasteiger partial charge in [-0.05, 0) is 68.1 Å². The molecule has 0 saturated carbocycles. The number of aliphatic hydroxyl groups is 1. The van der Waals surface area contributed by atoms with Gasteiger partial charge in [0.1, 0.15) is 5.82 Å². The average Bonchev–Trinajstić information content (AvgIpc) is 2.89. The summed E-state index contributed by atoms with van der Waals surface area (Å²) in [6, 6.07) is 7.63. The lowest BCUT2D eigenvalue weighted by Gasteiger charge is -2.30. The highest BCUT2D eigenvalue weighted by Gasteiger charge is 2.24. The van der Waals surface area contributed by atoms with Crippen molar-refractivity contribution in [3.8, 4) is 11.1 Å². The van der Waals surface area contributed by atoms with Crippen LogP contribution in [0.2, 0.25) is 0 Å². The standard InChI is InChI=1S/C29H44N6O2/c1-5-8-13-29(4,20-36)34-27-23-12-11-21(16-25(23)32-28(30)33-27)24-17-26(37)31-18-22(24)19-35(14-9-6-2)15-10-7-3/h11-12,16-18,36H,5-10,13-15,19-20H2,1-4H3,(H,31,37)(H3,30,32,33,34)/t29-/m1/s1. The zero-order chi connectivity index (χ0) is 26.8. The van der Waals surface area contributed by atoms with E-state index in [1.165, 1.54) is 0 Å². The van der Waals surface area contributed by atoms with Gasteiger partial charge in [-0.3, -0.25) is 9.69 Å². The van der Waals surface area contributed by atoms with Crippen LogP contribution in [0.3, 0.4) is 0 Å². The highest BCUT2D eigenvalue weighted by molar-refractivity contribution is 5.93. The van der Waals surface area contributed by atoms with Crippen LogP contribution < -0.4 is 16.6 Å². The van der Waals surface area contributed by atoms with Crippen molar-refractivity contribution in [1.82, 2.24) is 19.9 Å². The SMILES string of the molecule is CCCCN(CCCC)Cc1c[nH]c(=O)cc1-c1ccc2c(N[C@@](C)(CO)CCCC)nc(N)nc2c1. The molecule has 0 amide bonds. The minimum Gasteiger partial charge on any atom is -0.394 e. The second-order valence-electron chi connectivity index (χ2n) is 10.3. The quantitative estimate of drug-likeness (QED) is 0.219. The van der Waals surface area contributed by atoms with Crippen molar-refractivity contribution < 1.29 is 5.11 Å². The topological polar surface area (TPSA) is 120 Å². The minimum absolute atomic E-state index is 0.0147. The second kappa shape index (κ2) is 13.5. The number of fused-ring (bicyclic) bond motifs is 1. The number of nitrogens with zero attached hydrogens (tertiary/aromatic N) is 3. The van der Waals surface area contributed by atoms with E-state index in [0.29, 0.717) is 11.3 Å². The zero-order valence-corrected chi connectivity index (χ0v) is 22.9. The molecule has 2 aromatic heterocycles. The van der Waals surface area contributed by atoms with Crippen molar-refractivity contribution in [2.75, 3.05) is 30.7 Å². The van der Waals surface area contributed by atoms with Gasteiger partial charge in [-0.2, -0.15) is 4.98 Å². The normalized spacial score (nSPS) is 13.2. The molecule has 0 unspecified atom stereocenters. The fourth-order valence-electron chi connectivity index (χ4n) is 4.62. The molecule has 0 saturated heterocycles. The number of pyridine rings is 1. The van der Waals surface area contributed by atoms with E-state index in [0.717, 1.165) is 86.7 Å². The highest BCUT2D eigenvalue weighted by atomic mass is 16.3. The molecule has 1 aromatic carbocycles. The number of H-pyrrole nitrogens is 1. The molecule has 0 aliphatic rings. The van der Waals surface area contributed by atoms with Gasteiger partial charge in [0.15, 0.2) is 0 Å². The summed E-state index contributed by atoms with van der Waals surface area (Å²) in [4.78, 5) is 26.6. The van der Waals surface area contributed by atoms with Crippen LogP contribution in [0.15, 0.2) is 35.3 Å². The molecule has 37 heavy (non-hydrogen) atoms. The number of aromatic amines is 1. The molecule has 0 radical (unpaired) electrons. The number of aliphatic hydroxyl groups excluding tert-OH is 1. The first-order valence-electron chi connectivity index (χ1n) is 13.7. The average molecular weight is 509 g/mol. The third-order valence-electron chi connectivity index (χ3n) is 6.94. The van der Waals surface area contributed by atoms with Crippen LogP contribution in [-0.4, -0.2) is 50.2 Å². The van der Waals surface area contributed by atoms with Crippen LogP contribution >= 0.6 is 0 Å². The molecular formula is C29H44N6O2. The Labute approximate surface area is 220 Å². The zero-order valence-electron chi connectivity index (χ0n) is 22.9. The molecule has 1 atom stereocenters. The number of anilines is 2. The maximum Gasteiger partial charge on any atom is 0.248 e. The number of nitrogen functional groups attached to an aromatic ring is 1. The van der Waals surface area contributed by atoms with Gasteiger partial charge in [-0.15, -0.1) is 0 Å². The van der Waals surface area contributed by atoms with Crippen LogP contribution in [0.25, 0.3) is 22.0 Å². The van der Waals surface area contributed by atoms with E-state index in [1.807, 2.05) is 31.3 Å². The predicted molar refractivity (Wildman–Crippen MR) is 154 cm³/mol. The number of unbranched alkanes of at least 4 members (excludes halogenated alkanes) is 3. The van der Waals surface area contributed by atoms with Gasteiger partial charge >= 0.3 is 0 Å². The van der Waals surface area contributed by atoms with Crippen molar-refractivity contribution in [2.45, 2.75) is 84.7 Å². The summed E-state index contributed by atoms with van der Waals surface area (Å²) in [5.74, 6) is 0.775. The molecule has 8 nitrogen and oxygen atoms in total. The summed E-state index contributed by atoms with van der Waals surface area (Å²) in [7, 11) is 0. The summed E-state index contributed by atoms with van der Waals surface area (Å²) in [5, 5.41) is 14.3. The van der Waals surface area contributed by atoms with Gasteiger partial charge in [0.25, 0.3) is 0 Å². The Morgan fingerprint density at radius 2 is 1.76 bits per heavy atom. The van der Waals surface area contributed by atoms with E-state index in [4.69, 9.17) is 5.73 Å². The molecule has 0 fully saturated rings. The van der Waals surface area contributed by atoms with Crippen LogP contribution in [-0.2, 0) is 6.54 Å². The Balaban J connectivity index is 2.00. The number of nitrogens with two attached hydrogens (primary N) is 1.